The summed E-state index contributed by atoms with van der Waals surface area (Å²) in [5.74, 6) is 0. The fourth-order valence-electron chi connectivity index (χ4n) is 0.255. The van der Waals surface area contributed by atoms with Gasteiger partial charge in [0.25, 0.3) is 0 Å². The van der Waals surface area contributed by atoms with Crippen LogP contribution in [0.3, 0.4) is 0 Å². The second kappa shape index (κ2) is 3.37. The van der Waals surface area contributed by atoms with Crippen LogP contribution in [0, 0.1) is 0 Å². The summed E-state index contributed by atoms with van der Waals surface area (Å²) in [5, 5.41) is 2.03. The van der Waals surface area contributed by atoms with E-state index in [-0.39, 0.29) is 0 Å². The largest absolute Gasteiger partial charge is 0.348 e. The molecule has 9 heavy (non-hydrogen) atoms. The fraction of sp³-hybridized carbons (Fsp3) is 0.800. The second-order valence-electron chi connectivity index (χ2n) is 2.09. The molecule has 0 aromatic heterocycles. The smallest absolute Gasteiger partial charge is 0.207 e. The van der Waals surface area contributed by atoms with Gasteiger partial charge in [0.1, 0.15) is 13.3 Å². The van der Waals surface area contributed by atoms with E-state index in [1.54, 1.807) is 0 Å². The number of alkyl halides is 2. The SMILES string of the molecule is CC(CF)(CF)NC=O. The summed E-state index contributed by atoms with van der Waals surface area (Å²) in [6.45, 7) is -0.480. The van der Waals surface area contributed by atoms with E-state index in [9.17, 15) is 13.6 Å². The van der Waals surface area contributed by atoms with Crippen LogP contribution in [-0.4, -0.2) is 25.3 Å². The molecule has 0 aliphatic heterocycles. The number of amides is 1. The summed E-state index contributed by atoms with van der Waals surface area (Å²) in [7, 11) is 0. The zero-order valence-corrected chi connectivity index (χ0v) is 5.16. The van der Waals surface area contributed by atoms with Crippen molar-refractivity contribution < 1.29 is 13.6 Å². The fourth-order valence-corrected chi connectivity index (χ4v) is 0.255. The van der Waals surface area contributed by atoms with Crippen LogP contribution in [0.5, 0.6) is 0 Å². The van der Waals surface area contributed by atoms with Gasteiger partial charge in [0.2, 0.25) is 6.41 Å². The molecular formula is C5H9F2NO. The molecule has 0 aliphatic rings. The van der Waals surface area contributed by atoms with E-state index in [0.29, 0.717) is 6.41 Å². The molecule has 1 amide bonds. The van der Waals surface area contributed by atoms with Gasteiger partial charge in [-0.05, 0) is 6.92 Å². The number of hydrogen-bond acceptors (Lipinski definition) is 1. The van der Waals surface area contributed by atoms with Crippen LogP contribution >= 0.6 is 0 Å². The molecule has 0 saturated heterocycles. The Hall–Kier alpha value is -0.670. The average molecular weight is 137 g/mol. The molecule has 0 saturated carbocycles. The standard InChI is InChI=1S/C5H9F2NO/c1-5(2-6,3-7)8-4-9/h4H,2-3H2,1H3,(H,8,9). The summed E-state index contributed by atoms with van der Waals surface area (Å²) < 4.78 is 23.5. The summed E-state index contributed by atoms with van der Waals surface area (Å²) in [4.78, 5) is 9.69. The predicted octanol–water partition coefficient (Wildman–Crippen LogP) is 0.430. The highest BCUT2D eigenvalue weighted by Gasteiger charge is 2.22. The maximum Gasteiger partial charge on any atom is 0.207 e. The lowest BCUT2D eigenvalue weighted by Crippen LogP contribution is -2.45. The Morgan fingerprint density at radius 1 is 1.56 bits per heavy atom. The van der Waals surface area contributed by atoms with Crippen LogP contribution in [0.2, 0.25) is 0 Å². The van der Waals surface area contributed by atoms with Gasteiger partial charge in [-0.15, -0.1) is 0 Å². The quantitative estimate of drug-likeness (QED) is 0.559. The molecule has 0 fully saturated rings. The van der Waals surface area contributed by atoms with Crippen molar-refractivity contribution in [3.63, 3.8) is 0 Å². The molecule has 0 radical (unpaired) electrons. The first-order chi connectivity index (χ1) is 4.18. The number of carbonyl (C=O) groups excluding carboxylic acids is 1. The Kier molecular flexibility index (Phi) is 3.12. The van der Waals surface area contributed by atoms with Crippen molar-refractivity contribution in [2.45, 2.75) is 12.5 Å². The molecule has 0 rings (SSSR count). The average Bonchev–Trinajstić information content (AvgIpc) is 1.89. The van der Waals surface area contributed by atoms with Gasteiger partial charge in [-0.25, -0.2) is 8.78 Å². The topological polar surface area (TPSA) is 29.1 Å². The lowest BCUT2D eigenvalue weighted by atomic mass is 10.1. The Balaban J connectivity index is 3.75. The lowest BCUT2D eigenvalue weighted by Gasteiger charge is -2.20. The third-order valence-corrected chi connectivity index (χ3v) is 0.997. The van der Waals surface area contributed by atoms with Gasteiger partial charge in [0.05, 0.1) is 5.54 Å². The van der Waals surface area contributed by atoms with Crippen molar-refractivity contribution in [2.75, 3.05) is 13.3 Å². The van der Waals surface area contributed by atoms with Gasteiger partial charge in [0, 0.05) is 0 Å². The third-order valence-electron chi connectivity index (χ3n) is 0.997. The maximum atomic E-state index is 11.8. The summed E-state index contributed by atoms with van der Waals surface area (Å²) in [6.07, 6.45) is 0.291. The zero-order valence-electron chi connectivity index (χ0n) is 5.16. The van der Waals surface area contributed by atoms with Gasteiger partial charge in [-0.1, -0.05) is 0 Å². The molecule has 0 aromatic rings. The lowest BCUT2D eigenvalue weighted by molar-refractivity contribution is -0.111. The van der Waals surface area contributed by atoms with E-state index in [0.717, 1.165) is 0 Å². The van der Waals surface area contributed by atoms with Gasteiger partial charge < -0.3 is 5.32 Å². The number of nitrogens with one attached hydrogen (secondary N) is 1. The van der Waals surface area contributed by atoms with Crippen molar-refractivity contribution in [1.29, 1.82) is 0 Å². The Bertz CT molecular complexity index is 93.0. The predicted molar refractivity (Wildman–Crippen MR) is 29.6 cm³/mol. The van der Waals surface area contributed by atoms with E-state index in [1.807, 2.05) is 5.32 Å². The van der Waals surface area contributed by atoms with Crippen LogP contribution in [0.25, 0.3) is 0 Å². The minimum atomic E-state index is -1.32. The molecule has 4 heteroatoms. The van der Waals surface area contributed by atoms with Crippen LogP contribution in [-0.2, 0) is 4.79 Å². The zero-order chi connectivity index (χ0) is 7.33. The van der Waals surface area contributed by atoms with Crippen molar-refractivity contribution in [3.8, 4) is 0 Å². The molecule has 0 unspecified atom stereocenters. The molecule has 0 aromatic carbocycles. The maximum absolute atomic E-state index is 11.8. The molecule has 0 spiro atoms. The minimum absolute atomic E-state index is 0.291. The highest BCUT2D eigenvalue weighted by atomic mass is 19.1. The van der Waals surface area contributed by atoms with Gasteiger partial charge in [0.15, 0.2) is 0 Å². The number of carbonyl (C=O) groups is 1. The molecule has 1 N–H and O–H groups in total. The third kappa shape index (κ3) is 2.39. The van der Waals surface area contributed by atoms with Crippen molar-refractivity contribution in [2.24, 2.45) is 0 Å². The summed E-state index contributed by atoms with van der Waals surface area (Å²) in [5.41, 5.74) is -1.32. The number of rotatable bonds is 4. The molecule has 0 atom stereocenters. The van der Waals surface area contributed by atoms with E-state index >= 15 is 0 Å². The Morgan fingerprint density at radius 3 is 2.11 bits per heavy atom. The molecule has 0 bridgehead atoms. The highest BCUT2D eigenvalue weighted by molar-refractivity contribution is 5.47. The van der Waals surface area contributed by atoms with Crippen LogP contribution < -0.4 is 5.32 Å². The van der Waals surface area contributed by atoms with Crippen molar-refractivity contribution >= 4 is 6.41 Å². The molecule has 0 heterocycles. The van der Waals surface area contributed by atoms with Crippen LogP contribution in [0.1, 0.15) is 6.92 Å². The van der Waals surface area contributed by atoms with Crippen LogP contribution in [0.4, 0.5) is 8.78 Å². The minimum Gasteiger partial charge on any atom is -0.348 e. The van der Waals surface area contributed by atoms with Gasteiger partial charge in [-0.3, -0.25) is 4.79 Å². The van der Waals surface area contributed by atoms with E-state index in [4.69, 9.17) is 0 Å². The number of hydrogen-bond donors (Lipinski definition) is 1. The summed E-state index contributed by atoms with van der Waals surface area (Å²) in [6, 6.07) is 0. The van der Waals surface area contributed by atoms with E-state index in [2.05, 4.69) is 0 Å². The molecular weight excluding hydrogens is 128 g/mol. The second-order valence-corrected chi connectivity index (χ2v) is 2.09. The molecule has 2 nitrogen and oxygen atoms in total. The normalized spacial score (nSPS) is 11.0. The first kappa shape index (κ1) is 8.33. The van der Waals surface area contributed by atoms with E-state index in [1.165, 1.54) is 6.92 Å². The summed E-state index contributed by atoms with van der Waals surface area (Å²) >= 11 is 0. The monoisotopic (exact) mass is 137 g/mol. The Morgan fingerprint density at radius 2 is 2.00 bits per heavy atom. The highest BCUT2D eigenvalue weighted by Crippen LogP contribution is 2.03. The van der Waals surface area contributed by atoms with Gasteiger partial charge in [-0.2, -0.15) is 0 Å². The van der Waals surface area contributed by atoms with Crippen LogP contribution in [0.15, 0.2) is 0 Å². The molecule has 0 aliphatic carbocycles. The van der Waals surface area contributed by atoms with Crippen molar-refractivity contribution in [3.05, 3.63) is 0 Å². The van der Waals surface area contributed by atoms with Gasteiger partial charge >= 0.3 is 0 Å². The molecule has 54 valence electrons. The Labute approximate surface area is 52.2 Å². The number of halogens is 2. The van der Waals surface area contributed by atoms with Crippen molar-refractivity contribution in [1.82, 2.24) is 5.32 Å². The first-order valence-electron chi connectivity index (χ1n) is 2.52. The van der Waals surface area contributed by atoms with E-state index < -0.39 is 18.9 Å². The first-order valence-corrected chi connectivity index (χ1v) is 2.52.